The third-order valence-electron chi connectivity index (χ3n) is 4.40. The number of hydrogen-bond acceptors (Lipinski definition) is 7. The number of ether oxygens (including phenoxy) is 4. The van der Waals surface area contributed by atoms with Gasteiger partial charge in [0.1, 0.15) is 11.5 Å². The van der Waals surface area contributed by atoms with Crippen molar-refractivity contribution in [2.45, 2.75) is 10.4 Å². The molecule has 29 heavy (non-hydrogen) atoms. The molecule has 3 aromatic rings. The number of aromatic nitrogens is 1. The Labute approximate surface area is 180 Å². The van der Waals surface area contributed by atoms with Gasteiger partial charge in [-0.2, -0.15) is 0 Å². The van der Waals surface area contributed by atoms with Crippen molar-refractivity contribution in [3.05, 3.63) is 48.5 Å². The number of benzene rings is 2. The molecule has 5 nitrogen and oxygen atoms in total. The fraction of sp³-hybridized carbons (Fsp3) is 0.318. The average molecular weight is 432 g/mol. The zero-order valence-electron chi connectivity index (χ0n) is 17.0. The Bertz CT molecular complexity index is 829. The molecule has 0 saturated carbocycles. The second kappa shape index (κ2) is 10.6. The number of nitrogens with zero attached hydrogens (tertiary/aromatic N) is 1. The van der Waals surface area contributed by atoms with Crippen molar-refractivity contribution in [3.63, 3.8) is 0 Å². The van der Waals surface area contributed by atoms with Crippen molar-refractivity contribution in [3.8, 4) is 33.2 Å². The van der Waals surface area contributed by atoms with Crippen LogP contribution in [0.1, 0.15) is 0 Å². The Morgan fingerprint density at radius 1 is 0.862 bits per heavy atom. The predicted molar refractivity (Wildman–Crippen MR) is 119 cm³/mol. The van der Waals surface area contributed by atoms with Gasteiger partial charge >= 0.3 is 0 Å². The highest BCUT2D eigenvalue weighted by Crippen LogP contribution is 2.41. The maximum absolute atomic E-state index is 5.47. The number of thioether (sulfide) groups is 1. The highest BCUT2D eigenvalue weighted by atomic mass is 32.2. The van der Waals surface area contributed by atoms with E-state index in [0.29, 0.717) is 6.61 Å². The Hall–Kier alpha value is -2.06. The van der Waals surface area contributed by atoms with Gasteiger partial charge in [0.2, 0.25) is 0 Å². The second-order valence-electron chi connectivity index (χ2n) is 6.24. The summed E-state index contributed by atoms with van der Waals surface area (Å²) in [6.07, 6.45) is 0.0303. The molecule has 0 aliphatic heterocycles. The van der Waals surface area contributed by atoms with E-state index < -0.39 is 0 Å². The lowest BCUT2D eigenvalue weighted by atomic mass is 10.1. The van der Waals surface area contributed by atoms with E-state index in [1.165, 1.54) is 0 Å². The van der Waals surface area contributed by atoms with Crippen LogP contribution in [0, 0.1) is 0 Å². The molecule has 0 fully saturated rings. The summed E-state index contributed by atoms with van der Waals surface area (Å²) in [7, 11) is 6.73. The minimum atomic E-state index is 0.0303. The maximum atomic E-state index is 5.47. The molecule has 0 N–H and O–H groups in total. The standard InChI is InChI=1S/C22H25NO4S2/c1-24-13-19(27-4)14-28-22-23-20(15-5-9-17(25-2)10-6-15)21(29-22)16-7-11-18(26-3)12-8-16/h5-12,19H,13-14H2,1-4H3. The van der Waals surface area contributed by atoms with Crippen LogP contribution < -0.4 is 9.47 Å². The molecule has 1 unspecified atom stereocenters. The highest BCUT2D eigenvalue weighted by molar-refractivity contribution is 8.01. The van der Waals surface area contributed by atoms with Gasteiger partial charge in [0.15, 0.2) is 4.34 Å². The van der Waals surface area contributed by atoms with Crippen molar-refractivity contribution in [2.24, 2.45) is 0 Å². The maximum Gasteiger partial charge on any atom is 0.151 e. The molecular formula is C22H25NO4S2. The Kier molecular flexibility index (Phi) is 7.94. The van der Waals surface area contributed by atoms with Crippen LogP contribution in [0.5, 0.6) is 11.5 Å². The van der Waals surface area contributed by atoms with Crippen LogP contribution in [0.15, 0.2) is 52.9 Å². The first-order valence-corrected chi connectivity index (χ1v) is 10.9. The summed E-state index contributed by atoms with van der Waals surface area (Å²) < 4.78 is 22.3. The fourth-order valence-electron chi connectivity index (χ4n) is 2.78. The van der Waals surface area contributed by atoms with E-state index in [-0.39, 0.29) is 6.10 Å². The summed E-state index contributed by atoms with van der Waals surface area (Å²) in [5.41, 5.74) is 3.13. The quantitative estimate of drug-likeness (QED) is 0.409. The minimum absolute atomic E-state index is 0.0303. The third-order valence-corrected chi connectivity index (χ3v) is 6.78. The van der Waals surface area contributed by atoms with Crippen LogP contribution in [-0.4, -0.2) is 51.9 Å². The van der Waals surface area contributed by atoms with E-state index >= 15 is 0 Å². The number of methoxy groups -OCH3 is 4. The van der Waals surface area contributed by atoms with E-state index in [0.717, 1.165) is 43.3 Å². The molecule has 0 saturated heterocycles. The van der Waals surface area contributed by atoms with E-state index in [9.17, 15) is 0 Å². The van der Waals surface area contributed by atoms with E-state index in [1.54, 1.807) is 51.5 Å². The largest absolute Gasteiger partial charge is 0.497 e. The average Bonchev–Trinajstić information content (AvgIpc) is 3.21. The topological polar surface area (TPSA) is 49.8 Å². The van der Waals surface area contributed by atoms with Crippen LogP contribution in [0.4, 0.5) is 0 Å². The van der Waals surface area contributed by atoms with Gasteiger partial charge in [0.25, 0.3) is 0 Å². The van der Waals surface area contributed by atoms with Crippen LogP contribution in [0.2, 0.25) is 0 Å². The van der Waals surface area contributed by atoms with Crippen molar-refractivity contribution >= 4 is 23.1 Å². The normalized spacial score (nSPS) is 12.0. The zero-order valence-corrected chi connectivity index (χ0v) is 18.6. The molecule has 1 heterocycles. The second-order valence-corrected chi connectivity index (χ2v) is 8.50. The zero-order chi connectivity index (χ0) is 20.6. The van der Waals surface area contributed by atoms with Crippen molar-refractivity contribution in [1.82, 2.24) is 4.98 Å². The van der Waals surface area contributed by atoms with Crippen LogP contribution in [0.25, 0.3) is 21.7 Å². The van der Waals surface area contributed by atoms with Gasteiger partial charge in [-0.1, -0.05) is 11.8 Å². The molecule has 7 heteroatoms. The number of rotatable bonds is 10. The SMILES string of the molecule is COCC(CSc1nc(-c2ccc(OC)cc2)c(-c2ccc(OC)cc2)s1)OC. The smallest absolute Gasteiger partial charge is 0.151 e. The monoisotopic (exact) mass is 431 g/mol. The summed E-state index contributed by atoms with van der Waals surface area (Å²) >= 11 is 3.37. The number of thiazole rings is 1. The summed E-state index contributed by atoms with van der Waals surface area (Å²) in [6.45, 7) is 0.561. The van der Waals surface area contributed by atoms with Crippen molar-refractivity contribution < 1.29 is 18.9 Å². The van der Waals surface area contributed by atoms with Gasteiger partial charge in [-0.15, -0.1) is 11.3 Å². The molecular weight excluding hydrogens is 406 g/mol. The summed E-state index contributed by atoms with van der Waals surface area (Å²) in [5, 5.41) is 0. The minimum Gasteiger partial charge on any atom is -0.497 e. The summed E-state index contributed by atoms with van der Waals surface area (Å²) in [5.74, 6) is 2.44. The first-order chi connectivity index (χ1) is 14.2. The summed E-state index contributed by atoms with van der Waals surface area (Å²) in [6, 6.07) is 16.1. The first kappa shape index (κ1) is 21.6. The van der Waals surface area contributed by atoms with Gasteiger partial charge in [-0.05, 0) is 54.1 Å². The van der Waals surface area contributed by atoms with Gasteiger partial charge in [-0.3, -0.25) is 0 Å². The number of hydrogen-bond donors (Lipinski definition) is 0. The molecule has 1 aromatic heterocycles. The molecule has 3 rings (SSSR count). The van der Waals surface area contributed by atoms with E-state index in [4.69, 9.17) is 23.9 Å². The van der Waals surface area contributed by atoms with Gasteiger partial charge in [0, 0.05) is 25.5 Å². The van der Waals surface area contributed by atoms with Crippen molar-refractivity contribution in [1.29, 1.82) is 0 Å². The van der Waals surface area contributed by atoms with Crippen molar-refractivity contribution in [2.75, 3.05) is 40.8 Å². The molecule has 2 aromatic carbocycles. The summed E-state index contributed by atoms with van der Waals surface area (Å²) in [4.78, 5) is 6.06. The molecule has 154 valence electrons. The lowest BCUT2D eigenvalue weighted by Crippen LogP contribution is -2.19. The molecule has 0 aliphatic rings. The molecule has 0 bridgehead atoms. The van der Waals surface area contributed by atoms with Crippen LogP contribution in [-0.2, 0) is 9.47 Å². The lowest BCUT2D eigenvalue weighted by Gasteiger charge is -2.12. The molecule has 0 spiro atoms. The van der Waals surface area contributed by atoms with E-state index in [1.807, 2.05) is 36.4 Å². The van der Waals surface area contributed by atoms with Gasteiger partial charge in [0.05, 0.1) is 37.5 Å². The Morgan fingerprint density at radius 2 is 1.45 bits per heavy atom. The molecule has 0 aliphatic carbocycles. The van der Waals surface area contributed by atoms with Gasteiger partial charge < -0.3 is 18.9 Å². The molecule has 0 amide bonds. The van der Waals surface area contributed by atoms with E-state index in [2.05, 4.69) is 12.1 Å². The highest BCUT2D eigenvalue weighted by Gasteiger charge is 2.17. The Balaban J connectivity index is 1.93. The van der Waals surface area contributed by atoms with Gasteiger partial charge in [-0.25, -0.2) is 4.98 Å². The predicted octanol–water partition coefficient (Wildman–Crippen LogP) is 5.25. The third kappa shape index (κ3) is 5.51. The Morgan fingerprint density at radius 3 is 1.97 bits per heavy atom. The fourth-order valence-corrected chi connectivity index (χ4v) is 5.01. The molecule has 0 radical (unpaired) electrons. The molecule has 1 atom stereocenters. The lowest BCUT2D eigenvalue weighted by molar-refractivity contribution is 0.0430. The van der Waals surface area contributed by atoms with Crippen LogP contribution in [0.3, 0.4) is 0 Å². The first-order valence-electron chi connectivity index (χ1n) is 9.12. The van der Waals surface area contributed by atoms with Crippen LogP contribution >= 0.6 is 23.1 Å².